The molecule has 0 saturated heterocycles. The lowest BCUT2D eigenvalue weighted by atomic mass is 9.88. The highest BCUT2D eigenvalue weighted by Crippen LogP contribution is 2.20. The fourth-order valence-electron chi connectivity index (χ4n) is 2.02. The SMILES string of the molecule is Cc1nc(CNC(=O)CCC(CCN)C(C)C)no1. The van der Waals surface area contributed by atoms with E-state index in [4.69, 9.17) is 10.3 Å². The van der Waals surface area contributed by atoms with Crippen LogP contribution in [-0.4, -0.2) is 22.6 Å². The fraction of sp³-hybridized carbons (Fsp3) is 0.769. The van der Waals surface area contributed by atoms with Gasteiger partial charge in [0, 0.05) is 13.3 Å². The van der Waals surface area contributed by atoms with Crippen LogP contribution in [0.4, 0.5) is 0 Å². The highest BCUT2D eigenvalue weighted by molar-refractivity contribution is 5.75. The molecule has 0 fully saturated rings. The van der Waals surface area contributed by atoms with Crippen LogP contribution in [-0.2, 0) is 11.3 Å². The first kappa shape index (κ1) is 15.6. The predicted octanol–water partition coefficient (Wildman–Crippen LogP) is 1.40. The molecule has 0 aliphatic heterocycles. The third kappa shape index (κ3) is 5.83. The molecule has 19 heavy (non-hydrogen) atoms. The molecule has 1 aromatic rings. The van der Waals surface area contributed by atoms with E-state index in [0.717, 1.165) is 12.8 Å². The van der Waals surface area contributed by atoms with Gasteiger partial charge in [0.25, 0.3) is 0 Å². The molecule has 108 valence electrons. The van der Waals surface area contributed by atoms with Crippen LogP contribution in [0.5, 0.6) is 0 Å². The summed E-state index contributed by atoms with van der Waals surface area (Å²) in [6.45, 7) is 7.05. The number of nitrogens with two attached hydrogens (primary N) is 1. The molecule has 1 atom stereocenters. The number of carbonyl (C=O) groups is 1. The van der Waals surface area contributed by atoms with E-state index in [1.165, 1.54) is 0 Å². The van der Waals surface area contributed by atoms with Crippen LogP contribution in [0.15, 0.2) is 4.52 Å². The van der Waals surface area contributed by atoms with Gasteiger partial charge in [-0.25, -0.2) is 0 Å². The zero-order chi connectivity index (χ0) is 14.3. The van der Waals surface area contributed by atoms with Crippen molar-refractivity contribution in [1.29, 1.82) is 0 Å². The van der Waals surface area contributed by atoms with Crippen LogP contribution in [0, 0.1) is 18.8 Å². The van der Waals surface area contributed by atoms with Crippen LogP contribution in [0.3, 0.4) is 0 Å². The molecule has 6 nitrogen and oxygen atoms in total. The Balaban J connectivity index is 2.27. The van der Waals surface area contributed by atoms with Crippen molar-refractivity contribution in [2.75, 3.05) is 6.54 Å². The molecule has 1 rings (SSSR count). The van der Waals surface area contributed by atoms with Gasteiger partial charge in [-0.2, -0.15) is 4.98 Å². The Labute approximate surface area is 114 Å². The lowest BCUT2D eigenvalue weighted by molar-refractivity contribution is -0.121. The maximum Gasteiger partial charge on any atom is 0.223 e. The number of nitrogens with one attached hydrogen (secondary N) is 1. The van der Waals surface area contributed by atoms with Crippen molar-refractivity contribution in [3.8, 4) is 0 Å². The van der Waals surface area contributed by atoms with Gasteiger partial charge in [-0.15, -0.1) is 0 Å². The van der Waals surface area contributed by atoms with Crippen LogP contribution >= 0.6 is 0 Å². The van der Waals surface area contributed by atoms with Crippen molar-refractivity contribution in [1.82, 2.24) is 15.5 Å². The molecular weight excluding hydrogens is 244 g/mol. The Morgan fingerprint density at radius 3 is 2.68 bits per heavy atom. The summed E-state index contributed by atoms with van der Waals surface area (Å²) in [6.07, 6.45) is 2.35. The van der Waals surface area contributed by atoms with Crippen LogP contribution in [0.2, 0.25) is 0 Å². The summed E-state index contributed by atoms with van der Waals surface area (Å²) in [6, 6.07) is 0. The predicted molar refractivity (Wildman–Crippen MR) is 72.1 cm³/mol. The molecule has 0 aliphatic rings. The highest BCUT2D eigenvalue weighted by atomic mass is 16.5. The van der Waals surface area contributed by atoms with Gasteiger partial charge in [-0.3, -0.25) is 4.79 Å². The number of aryl methyl sites for hydroxylation is 1. The molecule has 0 bridgehead atoms. The van der Waals surface area contributed by atoms with Gasteiger partial charge in [0.2, 0.25) is 11.8 Å². The maximum absolute atomic E-state index is 11.7. The first-order chi connectivity index (χ1) is 9.02. The Hall–Kier alpha value is -1.43. The van der Waals surface area contributed by atoms with Crippen molar-refractivity contribution < 1.29 is 9.32 Å². The van der Waals surface area contributed by atoms with E-state index in [2.05, 4.69) is 29.3 Å². The summed E-state index contributed by atoms with van der Waals surface area (Å²) < 4.78 is 4.83. The van der Waals surface area contributed by atoms with Crippen LogP contribution in [0.25, 0.3) is 0 Å². The molecular formula is C13H24N4O2. The Morgan fingerprint density at radius 2 is 2.16 bits per heavy atom. The Bertz CT molecular complexity index is 390. The minimum atomic E-state index is 0.0186. The minimum Gasteiger partial charge on any atom is -0.349 e. The normalized spacial score (nSPS) is 12.7. The molecule has 0 aliphatic carbocycles. The summed E-state index contributed by atoms with van der Waals surface area (Å²) in [5, 5.41) is 6.52. The zero-order valence-corrected chi connectivity index (χ0v) is 12.0. The molecule has 6 heteroatoms. The summed E-state index contributed by atoms with van der Waals surface area (Å²) in [4.78, 5) is 15.8. The maximum atomic E-state index is 11.7. The summed E-state index contributed by atoms with van der Waals surface area (Å²) >= 11 is 0. The van der Waals surface area contributed by atoms with Gasteiger partial charge in [-0.1, -0.05) is 19.0 Å². The van der Waals surface area contributed by atoms with Crippen molar-refractivity contribution >= 4 is 5.91 Å². The monoisotopic (exact) mass is 268 g/mol. The topological polar surface area (TPSA) is 94.0 Å². The molecule has 3 N–H and O–H groups in total. The first-order valence-electron chi connectivity index (χ1n) is 6.79. The lowest BCUT2D eigenvalue weighted by Crippen LogP contribution is -2.25. The molecule has 1 amide bonds. The van der Waals surface area contributed by atoms with E-state index in [0.29, 0.717) is 43.1 Å². The number of hydrogen-bond acceptors (Lipinski definition) is 5. The van der Waals surface area contributed by atoms with Gasteiger partial charge >= 0.3 is 0 Å². The summed E-state index contributed by atoms with van der Waals surface area (Å²) in [7, 11) is 0. The Morgan fingerprint density at radius 1 is 1.42 bits per heavy atom. The number of amides is 1. The van der Waals surface area contributed by atoms with Crippen LogP contribution in [0.1, 0.15) is 44.8 Å². The largest absolute Gasteiger partial charge is 0.349 e. The standard InChI is InChI=1S/C13H24N4O2/c1-9(2)11(6-7-14)4-5-13(18)15-8-12-16-10(3)19-17-12/h9,11H,4-8,14H2,1-3H3,(H,15,18). The smallest absolute Gasteiger partial charge is 0.223 e. The Kier molecular flexibility index (Phi) is 6.49. The molecule has 0 spiro atoms. The third-order valence-corrected chi connectivity index (χ3v) is 3.24. The second-order valence-electron chi connectivity index (χ2n) is 5.13. The second-order valence-corrected chi connectivity index (χ2v) is 5.13. The van der Waals surface area contributed by atoms with Gasteiger partial charge in [0.1, 0.15) is 0 Å². The van der Waals surface area contributed by atoms with E-state index in [1.807, 2.05) is 0 Å². The van der Waals surface area contributed by atoms with Gasteiger partial charge < -0.3 is 15.6 Å². The van der Waals surface area contributed by atoms with E-state index in [1.54, 1.807) is 6.92 Å². The van der Waals surface area contributed by atoms with Crippen molar-refractivity contribution in [3.05, 3.63) is 11.7 Å². The average molecular weight is 268 g/mol. The van der Waals surface area contributed by atoms with E-state index < -0.39 is 0 Å². The molecule has 0 aromatic carbocycles. The fourth-order valence-corrected chi connectivity index (χ4v) is 2.02. The molecule has 0 radical (unpaired) electrons. The lowest BCUT2D eigenvalue weighted by Gasteiger charge is -2.19. The van der Waals surface area contributed by atoms with Crippen molar-refractivity contribution in [2.24, 2.45) is 17.6 Å². The number of carbonyl (C=O) groups excluding carboxylic acids is 1. The van der Waals surface area contributed by atoms with Crippen molar-refractivity contribution in [2.45, 2.75) is 46.6 Å². The molecule has 1 unspecified atom stereocenters. The van der Waals surface area contributed by atoms with Gasteiger partial charge in [-0.05, 0) is 31.2 Å². The first-order valence-corrected chi connectivity index (χ1v) is 6.79. The second kappa shape index (κ2) is 7.89. The van der Waals surface area contributed by atoms with Crippen molar-refractivity contribution in [3.63, 3.8) is 0 Å². The molecule has 1 aromatic heterocycles. The highest BCUT2D eigenvalue weighted by Gasteiger charge is 2.14. The summed E-state index contributed by atoms with van der Waals surface area (Å²) in [5.74, 6) is 2.09. The third-order valence-electron chi connectivity index (χ3n) is 3.24. The van der Waals surface area contributed by atoms with E-state index in [9.17, 15) is 4.79 Å². The van der Waals surface area contributed by atoms with Gasteiger partial charge in [0.15, 0.2) is 5.82 Å². The number of nitrogens with zero attached hydrogens (tertiary/aromatic N) is 2. The molecule has 1 heterocycles. The number of hydrogen-bond donors (Lipinski definition) is 2. The number of rotatable bonds is 8. The molecule has 0 saturated carbocycles. The zero-order valence-electron chi connectivity index (χ0n) is 12.0. The van der Waals surface area contributed by atoms with Crippen LogP contribution < -0.4 is 11.1 Å². The van der Waals surface area contributed by atoms with E-state index in [-0.39, 0.29) is 5.91 Å². The van der Waals surface area contributed by atoms with Gasteiger partial charge in [0.05, 0.1) is 6.54 Å². The summed E-state index contributed by atoms with van der Waals surface area (Å²) in [5.41, 5.74) is 5.58. The number of aromatic nitrogens is 2. The quantitative estimate of drug-likeness (QED) is 0.743. The van der Waals surface area contributed by atoms with E-state index >= 15 is 0 Å². The average Bonchev–Trinajstić information content (AvgIpc) is 2.77. The minimum absolute atomic E-state index is 0.0186.